The molecular weight excluding hydrogens is 394 g/mol. The van der Waals surface area contributed by atoms with Crippen molar-refractivity contribution >= 4 is 45.0 Å². The maximum absolute atomic E-state index is 12.3. The molecule has 0 aromatic heterocycles. The normalized spacial score (nSPS) is 12.0. The summed E-state index contributed by atoms with van der Waals surface area (Å²) in [6.07, 6.45) is 3.07. The molecule has 8 heteroatoms. The van der Waals surface area contributed by atoms with E-state index in [2.05, 4.69) is 15.4 Å². The van der Waals surface area contributed by atoms with E-state index in [1.807, 2.05) is 30.3 Å². The summed E-state index contributed by atoms with van der Waals surface area (Å²) in [6.45, 7) is 5.31. The van der Waals surface area contributed by atoms with Gasteiger partial charge in [0.25, 0.3) is 0 Å². The molecule has 28 heavy (non-hydrogen) atoms. The highest BCUT2D eigenvalue weighted by atomic mass is 32.2. The lowest BCUT2D eigenvalue weighted by molar-refractivity contribution is -0.115. The van der Waals surface area contributed by atoms with E-state index in [0.717, 1.165) is 5.56 Å². The number of thiocarbonyl (C=S) groups is 1. The number of hydrogen-bond acceptors (Lipinski definition) is 4. The maximum atomic E-state index is 12.3. The second kappa shape index (κ2) is 9.09. The van der Waals surface area contributed by atoms with E-state index < -0.39 is 15.6 Å². The quantitative estimate of drug-likeness (QED) is 0.513. The maximum Gasteiger partial charge on any atom is 0.250 e. The van der Waals surface area contributed by atoms with E-state index in [9.17, 15) is 13.2 Å². The summed E-state index contributed by atoms with van der Waals surface area (Å²) in [5, 5.41) is 5.50. The minimum Gasteiger partial charge on any atom is -0.332 e. The van der Waals surface area contributed by atoms with Crippen LogP contribution in [0.15, 0.2) is 65.6 Å². The molecule has 2 rings (SSSR count). The minimum atomic E-state index is -3.61. The van der Waals surface area contributed by atoms with E-state index in [-0.39, 0.29) is 15.9 Å². The van der Waals surface area contributed by atoms with Crippen molar-refractivity contribution in [3.8, 4) is 0 Å². The van der Waals surface area contributed by atoms with Crippen LogP contribution in [0, 0.1) is 0 Å². The highest BCUT2D eigenvalue weighted by Gasteiger charge is 2.21. The van der Waals surface area contributed by atoms with Gasteiger partial charge in [-0.2, -0.15) is 0 Å². The topological polar surface area (TPSA) is 87.3 Å². The van der Waals surface area contributed by atoms with Crippen molar-refractivity contribution in [1.82, 2.24) is 10.0 Å². The van der Waals surface area contributed by atoms with Crippen LogP contribution in [0.2, 0.25) is 0 Å². The van der Waals surface area contributed by atoms with E-state index in [4.69, 9.17) is 12.2 Å². The molecule has 0 atom stereocenters. The fraction of sp³-hybridized carbons (Fsp3) is 0.200. The smallest absolute Gasteiger partial charge is 0.250 e. The van der Waals surface area contributed by atoms with Gasteiger partial charge >= 0.3 is 0 Å². The fourth-order valence-electron chi connectivity index (χ4n) is 2.23. The molecule has 0 saturated heterocycles. The third kappa shape index (κ3) is 7.22. The summed E-state index contributed by atoms with van der Waals surface area (Å²) in [6, 6.07) is 15.5. The lowest BCUT2D eigenvalue weighted by Gasteiger charge is -2.20. The number of nitrogens with one attached hydrogen (secondary N) is 3. The van der Waals surface area contributed by atoms with Gasteiger partial charge < -0.3 is 5.32 Å². The predicted molar refractivity (Wildman–Crippen MR) is 116 cm³/mol. The molecule has 0 aliphatic carbocycles. The number of anilines is 1. The molecule has 148 valence electrons. The molecule has 1 amide bonds. The Kier molecular flexibility index (Phi) is 7.06. The Balaban J connectivity index is 1.94. The molecule has 0 aliphatic heterocycles. The molecule has 0 spiro atoms. The summed E-state index contributed by atoms with van der Waals surface area (Å²) in [5.74, 6) is -0.366. The van der Waals surface area contributed by atoms with Crippen molar-refractivity contribution in [3.63, 3.8) is 0 Å². The number of benzene rings is 2. The van der Waals surface area contributed by atoms with Crippen LogP contribution in [-0.2, 0) is 14.8 Å². The zero-order valence-electron chi connectivity index (χ0n) is 15.9. The number of hydrogen-bond donors (Lipinski definition) is 3. The second-order valence-electron chi connectivity index (χ2n) is 7.07. The zero-order valence-corrected chi connectivity index (χ0v) is 17.5. The van der Waals surface area contributed by atoms with Crippen LogP contribution in [0.3, 0.4) is 0 Å². The Morgan fingerprint density at radius 1 is 1.00 bits per heavy atom. The molecule has 0 saturated carbocycles. The molecule has 0 heterocycles. The van der Waals surface area contributed by atoms with Crippen molar-refractivity contribution in [3.05, 3.63) is 66.2 Å². The number of rotatable bonds is 5. The summed E-state index contributed by atoms with van der Waals surface area (Å²) in [4.78, 5) is 12.1. The minimum absolute atomic E-state index is 0.117. The molecule has 0 fully saturated rings. The zero-order chi connectivity index (χ0) is 20.8. The average molecular weight is 418 g/mol. The van der Waals surface area contributed by atoms with Crippen molar-refractivity contribution in [2.24, 2.45) is 0 Å². The number of carbonyl (C=O) groups excluding carboxylic acids is 1. The molecular formula is C20H23N3O3S2. The molecule has 0 bridgehead atoms. The van der Waals surface area contributed by atoms with Crippen molar-refractivity contribution in [2.45, 2.75) is 31.2 Å². The highest BCUT2D eigenvalue weighted by Crippen LogP contribution is 2.16. The summed E-state index contributed by atoms with van der Waals surface area (Å²) >= 11 is 5.11. The molecule has 3 N–H and O–H groups in total. The van der Waals surface area contributed by atoms with Crippen LogP contribution in [0.5, 0.6) is 0 Å². The van der Waals surface area contributed by atoms with Crippen LogP contribution < -0.4 is 15.4 Å². The highest BCUT2D eigenvalue weighted by molar-refractivity contribution is 7.89. The van der Waals surface area contributed by atoms with Crippen LogP contribution in [-0.4, -0.2) is 25.0 Å². The first-order valence-corrected chi connectivity index (χ1v) is 10.4. The lowest BCUT2D eigenvalue weighted by atomic mass is 10.1. The Morgan fingerprint density at radius 3 is 2.18 bits per heavy atom. The molecule has 0 radical (unpaired) electrons. The average Bonchev–Trinajstić information content (AvgIpc) is 2.59. The first-order valence-electron chi connectivity index (χ1n) is 8.54. The van der Waals surface area contributed by atoms with Gasteiger partial charge in [-0.3, -0.25) is 10.1 Å². The van der Waals surface area contributed by atoms with Gasteiger partial charge in [0.05, 0.1) is 4.90 Å². The Morgan fingerprint density at radius 2 is 1.61 bits per heavy atom. The van der Waals surface area contributed by atoms with Crippen LogP contribution in [0.25, 0.3) is 6.08 Å². The third-order valence-corrected chi connectivity index (χ3v) is 5.30. The van der Waals surface area contributed by atoms with Crippen LogP contribution >= 0.6 is 12.2 Å². The van der Waals surface area contributed by atoms with Gasteiger partial charge in [0.15, 0.2) is 5.11 Å². The molecule has 6 nitrogen and oxygen atoms in total. The van der Waals surface area contributed by atoms with E-state index in [0.29, 0.717) is 5.69 Å². The van der Waals surface area contributed by atoms with Gasteiger partial charge in [0.1, 0.15) is 0 Å². The van der Waals surface area contributed by atoms with Gasteiger partial charge in [-0.1, -0.05) is 30.3 Å². The first-order chi connectivity index (χ1) is 13.0. The Bertz CT molecular complexity index is 962. The van der Waals surface area contributed by atoms with E-state index in [1.54, 1.807) is 39.0 Å². The predicted octanol–water partition coefficient (Wildman–Crippen LogP) is 3.29. The van der Waals surface area contributed by atoms with Crippen molar-refractivity contribution in [1.29, 1.82) is 0 Å². The van der Waals surface area contributed by atoms with E-state index >= 15 is 0 Å². The first kappa shape index (κ1) is 21.7. The lowest BCUT2D eigenvalue weighted by Crippen LogP contribution is -2.40. The third-order valence-electron chi connectivity index (χ3n) is 3.33. The monoisotopic (exact) mass is 417 g/mol. The number of carbonyl (C=O) groups is 1. The largest absolute Gasteiger partial charge is 0.332 e. The summed E-state index contributed by atoms with van der Waals surface area (Å²) in [5.41, 5.74) is 0.888. The Labute approximate surface area is 171 Å². The fourth-order valence-corrected chi connectivity index (χ4v) is 3.87. The number of sulfonamides is 1. The molecule has 2 aromatic carbocycles. The molecule has 2 aromatic rings. The van der Waals surface area contributed by atoms with Crippen molar-refractivity contribution in [2.75, 3.05) is 5.32 Å². The van der Waals surface area contributed by atoms with Crippen LogP contribution in [0.4, 0.5) is 5.69 Å². The second-order valence-corrected chi connectivity index (χ2v) is 9.16. The molecule has 0 unspecified atom stereocenters. The van der Waals surface area contributed by atoms with Gasteiger partial charge in [-0.05, 0) is 68.9 Å². The van der Waals surface area contributed by atoms with Gasteiger partial charge in [-0.25, -0.2) is 13.1 Å². The van der Waals surface area contributed by atoms with Gasteiger partial charge in [0.2, 0.25) is 15.9 Å². The van der Waals surface area contributed by atoms with Crippen molar-refractivity contribution < 1.29 is 13.2 Å². The SMILES string of the molecule is CC(C)(C)NS(=O)(=O)c1ccc(NC(=S)NC(=O)C=Cc2ccccc2)cc1. The Hall–Kier alpha value is -2.55. The van der Waals surface area contributed by atoms with Crippen LogP contribution in [0.1, 0.15) is 26.3 Å². The number of amides is 1. The molecule has 0 aliphatic rings. The standard InChI is InChI=1S/C20H23N3O3S2/c1-20(2,3)23-28(25,26)17-12-10-16(11-13-17)21-19(27)22-18(24)14-9-15-7-5-4-6-8-15/h4-14,23H,1-3H3,(H2,21,22,24,27). The van der Waals surface area contributed by atoms with Gasteiger partial charge in [0, 0.05) is 17.3 Å². The summed E-state index contributed by atoms with van der Waals surface area (Å²) in [7, 11) is -3.61. The summed E-state index contributed by atoms with van der Waals surface area (Å²) < 4.78 is 27.2. The van der Waals surface area contributed by atoms with E-state index in [1.165, 1.54) is 18.2 Å². The van der Waals surface area contributed by atoms with Gasteiger partial charge in [-0.15, -0.1) is 0 Å².